The van der Waals surface area contributed by atoms with E-state index in [2.05, 4.69) is 15.1 Å². The number of nitrogens with zero attached hydrogens (tertiary/aromatic N) is 3. The molecule has 0 aromatic carbocycles. The average molecular weight is 335 g/mol. The first-order valence-corrected chi connectivity index (χ1v) is 6.55. The lowest BCUT2D eigenvalue weighted by molar-refractivity contribution is -0.137. The van der Waals surface area contributed by atoms with Gasteiger partial charge in [0.25, 0.3) is 5.89 Å². The van der Waals surface area contributed by atoms with Crippen molar-refractivity contribution in [1.82, 2.24) is 15.1 Å². The average Bonchev–Trinajstić information content (AvgIpc) is 3.07. The van der Waals surface area contributed by atoms with Crippen LogP contribution >= 0.6 is 12.4 Å². The van der Waals surface area contributed by atoms with Crippen LogP contribution in [0.2, 0.25) is 0 Å². The van der Waals surface area contributed by atoms with Gasteiger partial charge < -0.3 is 10.3 Å². The maximum Gasteiger partial charge on any atom is 0.417 e. The minimum absolute atomic E-state index is 0. The van der Waals surface area contributed by atoms with E-state index in [1.54, 1.807) is 0 Å². The summed E-state index contributed by atoms with van der Waals surface area (Å²) < 4.78 is 42.5. The zero-order valence-corrected chi connectivity index (χ0v) is 12.2. The third-order valence-electron chi connectivity index (χ3n) is 3.68. The molecule has 0 amide bonds. The Labute approximate surface area is 130 Å². The van der Waals surface area contributed by atoms with E-state index in [0.717, 1.165) is 37.9 Å². The van der Waals surface area contributed by atoms with Crippen molar-refractivity contribution < 1.29 is 17.7 Å². The highest BCUT2D eigenvalue weighted by molar-refractivity contribution is 5.85. The number of nitrogens with two attached hydrogens (primary N) is 1. The van der Waals surface area contributed by atoms with E-state index in [9.17, 15) is 13.2 Å². The molecule has 22 heavy (non-hydrogen) atoms. The molecule has 0 aliphatic heterocycles. The second-order valence-electron chi connectivity index (χ2n) is 5.22. The molecular weight excluding hydrogens is 321 g/mol. The third kappa shape index (κ3) is 3.07. The van der Waals surface area contributed by atoms with Gasteiger partial charge in [0.05, 0.1) is 11.1 Å². The third-order valence-corrected chi connectivity index (χ3v) is 3.68. The topological polar surface area (TPSA) is 77.8 Å². The number of rotatable bonds is 2. The molecule has 9 heteroatoms. The van der Waals surface area contributed by atoms with Crippen LogP contribution < -0.4 is 5.73 Å². The molecule has 0 atom stereocenters. The fraction of sp³-hybridized carbons (Fsp3) is 0.462. The van der Waals surface area contributed by atoms with Gasteiger partial charge in [-0.1, -0.05) is 18.0 Å². The molecule has 1 aliphatic rings. The summed E-state index contributed by atoms with van der Waals surface area (Å²) in [4.78, 5) is 7.90. The van der Waals surface area contributed by atoms with E-state index in [1.165, 1.54) is 6.07 Å². The Kier molecular flexibility index (Phi) is 4.44. The zero-order chi connectivity index (χ0) is 15.1. The molecule has 2 aromatic rings. The molecule has 0 spiro atoms. The summed E-state index contributed by atoms with van der Waals surface area (Å²) in [6.45, 7) is 0. The Balaban J connectivity index is 0.00000176. The molecular formula is C13H14ClF3N4O. The van der Waals surface area contributed by atoms with Gasteiger partial charge in [-0.3, -0.25) is 4.98 Å². The van der Waals surface area contributed by atoms with Crippen molar-refractivity contribution in [3.63, 3.8) is 0 Å². The monoisotopic (exact) mass is 334 g/mol. The molecule has 2 aromatic heterocycles. The number of pyridine rings is 1. The zero-order valence-electron chi connectivity index (χ0n) is 11.4. The Morgan fingerprint density at radius 3 is 2.41 bits per heavy atom. The lowest BCUT2D eigenvalue weighted by Gasteiger charge is -2.17. The van der Waals surface area contributed by atoms with Crippen LogP contribution in [0.5, 0.6) is 0 Å². The van der Waals surface area contributed by atoms with E-state index in [0.29, 0.717) is 5.82 Å². The van der Waals surface area contributed by atoms with Crippen LogP contribution in [0, 0.1) is 0 Å². The number of halogens is 4. The van der Waals surface area contributed by atoms with Crippen molar-refractivity contribution >= 4 is 12.4 Å². The first-order valence-electron chi connectivity index (χ1n) is 6.55. The highest BCUT2D eigenvalue weighted by Crippen LogP contribution is 2.35. The number of hydrogen-bond acceptors (Lipinski definition) is 5. The molecule has 1 aliphatic carbocycles. The number of alkyl halides is 3. The summed E-state index contributed by atoms with van der Waals surface area (Å²) in [6.07, 6.45) is -0.139. The predicted molar refractivity (Wildman–Crippen MR) is 74.1 cm³/mol. The van der Waals surface area contributed by atoms with E-state index in [-0.39, 0.29) is 24.0 Å². The number of aromatic nitrogens is 3. The van der Waals surface area contributed by atoms with Crippen molar-refractivity contribution in [1.29, 1.82) is 0 Å². The van der Waals surface area contributed by atoms with E-state index >= 15 is 0 Å². The van der Waals surface area contributed by atoms with E-state index in [1.807, 2.05) is 0 Å². The molecule has 0 unspecified atom stereocenters. The van der Waals surface area contributed by atoms with Crippen molar-refractivity contribution in [2.24, 2.45) is 5.73 Å². The normalized spacial score (nSPS) is 17.3. The summed E-state index contributed by atoms with van der Waals surface area (Å²) in [7, 11) is 0. The second kappa shape index (κ2) is 5.85. The molecule has 1 saturated carbocycles. The lowest BCUT2D eigenvalue weighted by atomic mass is 9.99. The standard InChI is InChI=1S/C13H13F3N4O.ClH/c14-13(15,16)8-3-4-9(18-7-8)10-19-11(20-21-10)12(17)5-1-2-6-12;/h3-4,7H,1-2,5-6,17H2;1H. The quantitative estimate of drug-likeness (QED) is 0.911. The Morgan fingerprint density at radius 1 is 1.18 bits per heavy atom. The van der Waals surface area contributed by atoms with Crippen LogP contribution in [-0.2, 0) is 11.7 Å². The fourth-order valence-corrected chi connectivity index (χ4v) is 2.45. The van der Waals surface area contributed by atoms with Gasteiger partial charge in [0, 0.05) is 6.20 Å². The largest absolute Gasteiger partial charge is 0.417 e. The first kappa shape index (κ1) is 16.7. The van der Waals surface area contributed by atoms with Crippen LogP contribution in [-0.4, -0.2) is 15.1 Å². The van der Waals surface area contributed by atoms with Crippen LogP contribution in [0.15, 0.2) is 22.9 Å². The van der Waals surface area contributed by atoms with Crippen molar-refractivity contribution in [3.05, 3.63) is 29.7 Å². The second-order valence-corrected chi connectivity index (χ2v) is 5.22. The molecule has 120 valence electrons. The maximum atomic E-state index is 12.5. The summed E-state index contributed by atoms with van der Waals surface area (Å²) >= 11 is 0. The molecule has 5 nitrogen and oxygen atoms in total. The van der Waals surface area contributed by atoms with Gasteiger partial charge in [0.2, 0.25) is 0 Å². The maximum absolute atomic E-state index is 12.5. The summed E-state index contributed by atoms with van der Waals surface area (Å²) in [6, 6.07) is 2.14. The van der Waals surface area contributed by atoms with Crippen molar-refractivity contribution in [2.75, 3.05) is 0 Å². The predicted octanol–water partition coefficient (Wildman–Crippen LogP) is 3.30. The SMILES string of the molecule is Cl.NC1(c2noc(-c3ccc(C(F)(F)F)cn3)n2)CCCC1. The minimum Gasteiger partial charge on any atom is -0.332 e. The van der Waals surface area contributed by atoms with E-state index < -0.39 is 17.3 Å². The van der Waals surface area contributed by atoms with Gasteiger partial charge in [-0.05, 0) is 25.0 Å². The molecule has 2 N–H and O–H groups in total. The van der Waals surface area contributed by atoms with Gasteiger partial charge >= 0.3 is 6.18 Å². The van der Waals surface area contributed by atoms with Crippen LogP contribution in [0.3, 0.4) is 0 Å². The first-order chi connectivity index (χ1) is 9.88. The smallest absolute Gasteiger partial charge is 0.332 e. The van der Waals surface area contributed by atoms with Crippen LogP contribution in [0.25, 0.3) is 11.6 Å². The van der Waals surface area contributed by atoms with Gasteiger partial charge in [-0.2, -0.15) is 18.2 Å². The van der Waals surface area contributed by atoms with E-state index in [4.69, 9.17) is 10.3 Å². The van der Waals surface area contributed by atoms with Crippen molar-refractivity contribution in [2.45, 2.75) is 37.4 Å². The number of hydrogen-bond donors (Lipinski definition) is 1. The van der Waals surface area contributed by atoms with Gasteiger partial charge in [-0.15, -0.1) is 12.4 Å². The minimum atomic E-state index is -4.42. The molecule has 0 saturated heterocycles. The summed E-state index contributed by atoms with van der Waals surface area (Å²) in [5.74, 6) is 0.465. The molecule has 0 bridgehead atoms. The highest BCUT2D eigenvalue weighted by Gasteiger charge is 2.36. The molecule has 2 heterocycles. The van der Waals surface area contributed by atoms with Gasteiger partial charge in [0.15, 0.2) is 5.82 Å². The Morgan fingerprint density at radius 2 is 1.86 bits per heavy atom. The Bertz CT molecular complexity index is 635. The summed E-state index contributed by atoms with van der Waals surface area (Å²) in [5, 5.41) is 3.84. The van der Waals surface area contributed by atoms with Crippen LogP contribution in [0.1, 0.15) is 37.1 Å². The fourth-order valence-electron chi connectivity index (χ4n) is 2.45. The summed E-state index contributed by atoms with van der Waals surface area (Å²) in [5.41, 5.74) is 4.97. The molecule has 1 fully saturated rings. The van der Waals surface area contributed by atoms with Gasteiger partial charge in [-0.25, -0.2) is 0 Å². The molecule has 3 rings (SSSR count). The Hall–Kier alpha value is -1.67. The van der Waals surface area contributed by atoms with Crippen molar-refractivity contribution in [3.8, 4) is 11.6 Å². The molecule has 0 radical (unpaired) electrons. The van der Waals surface area contributed by atoms with Gasteiger partial charge in [0.1, 0.15) is 5.69 Å². The lowest BCUT2D eigenvalue weighted by Crippen LogP contribution is -2.34. The highest BCUT2D eigenvalue weighted by atomic mass is 35.5. The van der Waals surface area contributed by atoms with Crippen LogP contribution in [0.4, 0.5) is 13.2 Å².